The van der Waals surface area contributed by atoms with E-state index in [-0.39, 0.29) is 4.90 Å². The number of carbonyl (C=O) groups excluding carboxylic acids is 1. The Labute approximate surface area is 107 Å². The first-order chi connectivity index (χ1) is 8.44. The van der Waals surface area contributed by atoms with Gasteiger partial charge in [-0.2, -0.15) is 4.99 Å². The summed E-state index contributed by atoms with van der Waals surface area (Å²) in [7, 11) is -3.36. The van der Waals surface area contributed by atoms with Crippen LogP contribution >= 0.6 is 0 Å². The fourth-order valence-corrected chi connectivity index (χ4v) is 3.34. The molecule has 0 atom stereocenters. The zero-order valence-corrected chi connectivity index (χ0v) is 11.2. The second kappa shape index (κ2) is 4.34. The number of sulfone groups is 1. The maximum absolute atomic E-state index is 12.3. The molecule has 0 N–H and O–H groups in total. The third kappa shape index (κ3) is 2.00. The van der Waals surface area contributed by atoms with Crippen LogP contribution in [-0.2, 0) is 20.2 Å². The molecule has 1 aliphatic rings. The molecule has 0 heterocycles. The zero-order chi connectivity index (χ0) is 13.4. The van der Waals surface area contributed by atoms with Crippen molar-refractivity contribution in [1.82, 2.24) is 0 Å². The lowest BCUT2D eigenvalue weighted by Gasteiger charge is -2.16. The van der Waals surface area contributed by atoms with Crippen molar-refractivity contribution in [2.75, 3.05) is 0 Å². The van der Waals surface area contributed by atoms with Gasteiger partial charge in [-0.3, -0.25) is 0 Å². The van der Waals surface area contributed by atoms with Crippen LogP contribution in [0, 0.1) is 0 Å². The number of rotatable bonds is 4. The van der Waals surface area contributed by atoms with Crippen molar-refractivity contribution in [1.29, 1.82) is 0 Å². The van der Waals surface area contributed by atoms with Crippen LogP contribution < -0.4 is 0 Å². The Morgan fingerprint density at radius 2 is 1.89 bits per heavy atom. The quantitative estimate of drug-likeness (QED) is 0.619. The average molecular weight is 265 g/mol. The normalized spacial score (nSPS) is 17.3. The lowest BCUT2D eigenvalue weighted by molar-refractivity contribution is 0.554. The molecule has 96 valence electrons. The summed E-state index contributed by atoms with van der Waals surface area (Å²) in [5.41, 5.74) is -0.0256. The van der Waals surface area contributed by atoms with Crippen LogP contribution in [0.1, 0.15) is 32.3 Å². The van der Waals surface area contributed by atoms with Crippen LogP contribution in [-0.4, -0.2) is 19.7 Å². The molecule has 2 rings (SSSR count). The summed E-state index contributed by atoms with van der Waals surface area (Å²) < 4.78 is 24.6. The summed E-state index contributed by atoms with van der Waals surface area (Å²) in [5, 5.41) is -0.491. The van der Waals surface area contributed by atoms with E-state index in [0.29, 0.717) is 18.4 Å². The lowest BCUT2D eigenvalue weighted by Crippen LogP contribution is -2.18. The minimum atomic E-state index is -3.36. The highest BCUT2D eigenvalue weighted by Crippen LogP contribution is 2.51. The number of hydrogen-bond acceptors (Lipinski definition) is 4. The number of aliphatic imine (C=N–C) groups is 1. The van der Waals surface area contributed by atoms with Crippen molar-refractivity contribution >= 4 is 15.9 Å². The van der Waals surface area contributed by atoms with Gasteiger partial charge in [0.1, 0.15) is 0 Å². The van der Waals surface area contributed by atoms with Gasteiger partial charge in [-0.05, 0) is 38.3 Å². The first-order valence-corrected chi connectivity index (χ1v) is 7.41. The van der Waals surface area contributed by atoms with Gasteiger partial charge < -0.3 is 0 Å². The van der Waals surface area contributed by atoms with Gasteiger partial charge >= 0.3 is 0 Å². The van der Waals surface area contributed by atoms with Gasteiger partial charge in [-0.25, -0.2) is 13.2 Å². The van der Waals surface area contributed by atoms with Crippen LogP contribution in [0.4, 0.5) is 0 Å². The molecule has 0 aromatic heterocycles. The summed E-state index contributed by atoms with van der Waals surface area (Å²) in [6, 6.07) is 6.79. The molecule has 0 amide bonds. The molecule has 0 saturated heterocycles. The zero-order valence-electron chi connectivity index (χ0n) is 10.4. The Morgan fingerprint density at radius 3 is 2.39 bits per heavy atom. The molecule has 1 aromatic rings. The molecule has 5 heteroatoms. The predicted molar refractivity (Wildman–Crippen MR) is 67.8 cm³/mol. The molecular formula is C13H15NO3S. The van der Waals surface area contributed by atoms with Gasteiger partial charge in [0.25, 0.3) is 0 Å². The van der Waals surface area contributed by atoms with E-state index in [0.717, 1.165) is 0 Å². The van der Waals surface area contributed by atoms with Crippen molar-refractivity contribution in [2.24, 2.45) is 4.99 Å². The van der Waals surface area contributed by atoms with E-state index in [9.17, 15) is 13.2 Å². The molecular weight excluding hydrogens is 250 g/mol. The fourth-order valence-electron chi connectivity index (χ4n) is 2.00. The second-order valence-corrected chi connectivity index (χ2v) is 7.30. The summed E-state index contributed by atoms with van der Waals surface area (Å²) in [4.78, 5) is 14.6. The van der Waals surface area contributed by atoms with Gasteiger partial charge in [0.2, 0.25) is 6.08 Å². The molecule has 1 fully saturated rings. The topological polar surface area (TPSA) is 63.6 Å². The van der Waals surface area contributed by atoms with E-state index >= 15 is 0 Å². The fraction of sp³-hybridized carbons (Fsp3) is 0.462. The van der Waals surface area contributed by atoms with E-state index in [2.05, 4.69) is 4.99 Å². The molecule has 0 unspecified atom stereocenters. The molecule has 1 aromatic carbocycles. The van der Waals surface area contributed by atoms with Crippen molar-refractivity contribution in [3.63, 3.8) is 0 Å². The highest BCUT2D eigenvalue weighted by molar-refractivity contribution is 7.92. The highest BCUT2D eigenvalue weighted by atomic mass is 32.2. The van der Waals surface area contributed by atoms with Crippen molar-refractivity contribution in [2.45, 2.75) is 42.4 Å². The number of nitrogens with zero attached hydrogens (tertiary/aromatic N) is 1. The van der Waals surface area contributed by atoms with Crippen LogP contribution in [0.5, 0.6) is 0 Å². The predicted octanol–water partition coefficient (Wildman–Crippen LogP) is 2.19. The standard InChI is InChI=1S/C13H15NO3S/c1-10(2)18(16,17)12-6-4-3-5-11(12)13(7-8-13)14-9-15/h3-6,10H,7-8H2,1-2H3. The Morgan fingerprint density at radius 1 is 1.28 bits per heavy atom. The monoisotopic (exact) mass is 265 g/mol. The SMILES string of the molecule is CC(C)S(=O)(=O)c1ccccc1C1(N=C=O)CC1. The molecule has 4 nitrogen and oxygen atoms in total. The third-order valence-electron chi connectivity index (χ3n) is 3.30. The first kappa shape index (κ1) is 13.0. The molecule has 18 heavy (non-hydrogen) atoms. The molecule has 1 saturated carbocycles. The average Bonchev–Trinajstić information content (AvgIpc) is 3.10. The van der Waals surface area contributed by atoms with Gasteiger partial charge in [0, 0.05) is 0 Å². The van der Waals surface area contributed by atoms with E-state index in [1.807, 2.05) is 0 Å². The summed E-state index contributed by atoms with van der Waals surface area (Å²) >= 11 is 0. The van der Waals surface area contributed by atoms with Gasteiger partial charge in [-0.15, -0.1) is 0 Å². The van der Waals surface area contributed by atoms with E-state index in [4.69, 9.17) is 0 Å². The van der Waals surface area contributed by atoms with Crippen molar-refractivity contribution in [3.8, 4) is 0 Å². The summed E-state index contributed by atoms with van der Waals surface area (Å²) in [5.74, 6) is 0. The van der Waals surface area contributed by atoms with Gasteiger partial charge in [-0.1, -0.05) is 18.2 Å². The molecule has 0 aliphatic heterocycles. The lowest BCUT2D eigenvalue weighted by atomic mass is 10.1. The van der Waals surface area contributed by atoms with E-state index < -0.39 is 20.6 Å². The largest absolute Gasteiger partial charge is 0.235 e. The van der Waals surface area contributed by atoms with Crippen LogP contribution in [0.25, 0.3) is 0 Å². The number of benzene rings is 1. The summed E-state index contributed by atoms with van der Waals surface area (Å²) in [6.07, 6.45) is 2.96. The van der Waals surface area contributed by atoms with E-state index in [1.54, 1.807) is 44.2 Å². The maximum Gasteiger partial charge on any atom is 0.235 e. The van der Waals surface area contributed by atoms with Gasteiger partial charge in [0.05, 0.1) is 15.7 Å². The van der Waals surface area contributed by atoms with Crippen molar-refractivity contribution in [3.05, 3.63) is 29.8 Å². The van der Waals surface area contributed by atoms with Crippen LogP contribution in [0.3, 0.4) is 0 Å². The minimum Gasteiger partial charge on any atom is -0.223 e. The third-order valence-corrected chi connectivity index (χ3v) is 5.51. The Hall–Kier alpha value is -1.45. The van der Waals surface area contributed by atoms with Crippen molar-refractivity contribution < 1.29 is 13.2 Å². The smallest absolute Gasteiger partial charge is 0.223 e. The highest BCUT2D eigenvalue weighted by Gasteiger charge is 2.47. The Bertz CT molecular complexity index is 609. The van der Waals surface area contributed by atoms with Crippen LogP contribution in [0.2, 0.25) is 0 Å². The second-order valence-electron chi connectivity index (χ2n) is 4.82. The summed E-state index contributed by atoms with van der Waals surface area (Å²) in [6.45, 7) is 3.29. The molecule has 0 radical (unpaired) electrons. The molecule has 0 spiro atoms. The molecule has 1 aliphatic carbocycles. The Balaban J connectivity index is 2.62. The van der Waals surface area contributed by atoms with Gasteiger partial charge in [0.15, 0.2) is 9.84 Å². The Kier molecular flexibility index (Phi) is 3.13. The first-order valence-electron chi connectivity index (χ1n) is 5.86. The number of hydrogen-bond donors (Lipinski definition) is 0. The minimum absolute atomic E-state index is 0.288. The molecule has 0 bridgehead atoms. The number of isocyanates is 1. The maximum atomic E-state index is 12.3. The van der Waals surface area contributed by atoms with Crippen LogP contribution in [0.15, 0.2) is 34.2 Å². The van der Waals surface area contributed by atoms with E-state index in [1.165, 1.54) is 0 Å².